The van der Waals surface area contributed by atoms with E-state index in [0.29, 0.717) is 17.9 Å². The topological polar surface area (TPSA) is 35.6 Å². The molecule has 1 heterocycles. The van der Waals surface area contributed by atoms with Crippen LogP contribution in [0.3, 0.4) is 0 Å². The van der Waals surface area contributed by atoms with E-state index in [1.54, 1.807) is 0 Å². The summed E-state index contributed by atoms with van der Waals surface area (Å²) in [6, 6.07) is 0.663. The summed E-state index contributed by atoms with van der Waals surface area (Å²) < 4.78 is 0. The molecule has 4 unspecified atom stereocenters. The van der Waals surface area contributed by atoms with Gasteiger partial charge in [0.1, 0.15) is 0 Å². The van der Waals surface area contributed by atoms with Gasteiger partial charge in [0.25, 0.3) is 0 Å². The van der Waals surface area contributed by atoms with Gasteiger partial charge in [0.15, 0.2) is 0 Å². The van der Waals surface area contributed by atoms with E-state index in [1.165, 1.54) is 19.3 Å². The Bertz CT molecular complexity index is 388. The lowest BCUT2D eigenvalue weighted by molar-refractivity contribution is -0.133. The molecule has 2 fully saturated rings. The largest absolute Gasteiger partial charge is 0.341 e. The zero-order chi connectivity index (χ0) is 16.5. The molecule has 0 spiro atoms. The molecule has 0 bridgehead atoms. The molecular formula is C18H35N3O. The molecule has 1 aliphatic heterocycles. The molecule has 4 atom stereocenters. The fraction of sp³-hybridized carbons (Fsp3) is 0.944. The van der Waals surface area contributed by atoms with Crippen LogP contribution in [0.1, 0.15) is 46.5 Å². The van der Waals surface area contributed by atoms with E-state index in [2.05, 4.69) is 50.0 Å². The third kappa shape index (κ3) is 4.23. The lowest BCUT2D eigenvalue weighted by Crippen LogP contribution is -2.46. The molecule has 2 aliphatic rings. The Morgan fingerprint density at radius 3 is 2.41 bits per heavy atom. The molecular weight excluding hydrogens is 274 g/mol. The molecule has 1 saturated carbocycles. The first kappa shape index (κ1) is 17.7. The molecule has 4 heteroatoms. The molecule has 1 saturated heterocycles. The van der Waals surface area contributed by atoms with Crippen molar-refractivity contribution in [3.63, 3.8) is 0 Å². The second kappa shape index (κ2) is 6.88. The van der Waals surface area contributed by atoms with E-state index in [4.69, 9.17) is 0 Å². The van der Waals surface area contributed by atoms with Gasteiger partial charge < -0.3 is 15.1 Å². The van der Waals surface area contributed by atoms with Crippen LogP contribution >= 0.6 is 0 Å². The van der Waals surface area contributed by atoms with E-state index in [1.807, 2.05) is 7.05 Å². The number of carbonyl (C=O) groups is 1. The lowest BCUT2D eigenvalue weighted by atomic mass is 9.79. The van der Waals surface area contributed by atoms with Crippen LogP contribution in [0.4, 0.5) is 0 Å². The van der Waals surface area contributed by atoms with E-state index in [0.717, 1.165) is 25.4 Å². The van der Waals surface area contributed by atoms with Crippen molar-refractivity contribution in [2.75, 3.05) is 34.2 Å². The molecule has 22 heavy (non-hydrogen) atoms. The third-order valence-electron chi connectivity index (χ3n) is 5.53. The van der Waals surface area contributed by atoms with Crippen LogP contribution in [0.5, 0.6) is 0 Å². The number of nitrogens with zero attached hydrogens (tertiary/aromatic N) is 2. The number of hydrogen-bond acceptors (Lipinski definition) is 3. The zero-order valence-corrected chi connectivity index (χ0v) is 15.4. The molecule has 128 valence electrons. The van der Waals surface area contributed by atoms with Gasteiger partial charge in [-0.15, -0.1) is 0 Å². The summed E-state index contributed by atoms with van der Waals surface area (Å²) in [5.41, 5.74) is 0.172. The molecule has 1 N–H and O–H groups in total. The number of likely N-dealkylation sites (tertiary alicyclic amines) is 1. The third-order valence-corrected chi connectivity index (χ3v) is 5.53. The van der Waals surface area contributed by atoms with Crippen molar-refractivity contribution >= 4 is 5.91 Å². The van der Waals surface area contributed by atoms with Gasteiger partial charge in [0.2, 0.25) is 5.91 Å². The highest BCUT2D eigenvalue weighted by atomic mass is 16.2. The van der Waals surface area contributed by atoms with Crippen molar-refractivity contribution in [1.82, 2.24) is 15.1 Å². The van der Waals surface area contributed by atoms with Gasteiger partial charge in [-0.25, -0.2) is 0 Å². The average Bonchev–Trinajstić information content (AvgIpc) is 2.85. The molecule has 1 aliphatic carbocycles. The van der Waals surface area contributed by atoms with E-state index in [-0.39, 0.29) is 11.5 Å². The first-order valence-electron chi connectivity index (χ1n) is 8.83. The first-order valence-corrected chi connectivity index (χ1v) is 8.83. The summed E-state index contributed by atoms with van der Waals surface area (Å²) in [4.78, 5) is 17.4. The minimum Gasteiger partial charge on any atom is -0.341 e. The van der Waals surface area contributed by atoms with Crippen molar-refractivity contribution in [3.05, 3.63) is 0 Å². The summed E-state index contributed by atoms with van der Waals surface area (Å²) in [5, 5.41) is 3.24. The molecule has 2 rings (SSSR count). The van der Waals surface area contributed by atoms with Gasteiger partial charge in [-0.2, -0.15) is 0 Å². The molecule has 0 radical (unpaired) electrons. The van der Waals surface area contributed by atoms with Crippen molar-refractivity contribution < 1.29 is 4.79 Å². The predicted molar refractivity (Wildman–Crippen MR) is 91.8 cm³/mol. The zero-order valence-electron chi connectivity index (χ0n) is 15.4. The monoisotopic (exact) mass is 309 g/mol. The van der Waals surface area contributed by atoms with Crippen LogP contribution in [0, 0.1) is 17.3 Å². The molecule has 1 amide bonds. The minimum absolute atomic E-state index is 0.0372. The van der Waals surface area contributed by atoms with Crippen LogP contribution < -0.4 is 5.32 Å². The number of carbonyl (C=O) groups excluding carboxylic acids is 1. The van der Waals surface area contributed by atoms with Gasteiger partial charge in [0.05, 0.1) is 6.04 Å². The standard InChI is InChI=1S/C18H35N3O/c1-18(2,3)10-16(19-4)17(22)21-11-13-7-8-15(20(5)6)9-14(13)12-21/h13-16,19H,7-12H2,1-6H3. The van der Waals surface area contributed by atoms with Gasteiger partial charge in [-0.3, -0.25) is 4.79 Å². The smallest absolute Gasteiger partial charge is 0.239 e. The highest BCUT2D eigenvalue weighted by molar-refractivity contribution is 5.82. The number of likely N-dealkylation sites (N-methyl/N-ethyl adjacent to an activating group) is 1. The Morgan fingerprint density at radius 2 is 1.86 bits per heavy atom. The number of amides is 1. The number of rotatable bonds is 4. The van der Waals surface area contributed by atoms with Crippen LogP contribution in [0.2, 0.25) is 0 Å². The van der Waals surface area contributed by atoms with E-state index >= 15 is 0 Å². The van der Waals surface area contributed by atoms with Gasteiger partial charge in [-0.1, -0.05) is 20.8 Å². The fourth-order valence-corrected chi connectivity index (χ4v) is 4.20. The number of hydrogen-bond donors (Lipinski definition) is 1. The minimum atomic E-state index is -0.0372. The van der Waals surface area contributed by atoms with Crippen molar-refractivity contribution in [2.45, 2.75) is 58.5 Å². The summed E-state index contributed by atoms with van der Waals surface area (Å²) in [5.74, 6) is 1.75. The predicted octanol–water partition coefficient (Wildman–Crippen LogP) is 2.20. The Kier molecular flexibility index (Phi) is 5.54. The SMILES string of the molecule is CNC(CC(C)(C)C)C(=O)N1CC2CCC(N(C)C)CC2C1. The van der Waals surface area contributed by atoms with E-state index in [9.17, 15) is 4.79 Å². The van der Waals surface area contributed by atoms with Gasteiger partial charge >= 0.3 is 0 Å². The van der Waals surface area contributed by atoms with Gasteiger partial charge in [0, 0.05) is 19.1 Å². The van der Waals surface area contributed by atoms with Crippen molar-refractivity contribution in [1.29, 1.82) is 0 Å². The highest BCUT2D eigenvalue weighted by Crippen LogP contribution is 2.38. The van der Waals surface area contributed by atoms with Crippen LogP contribution in [0.15, 0.2) is 0 Å². The van der Waals surface area contributed by atoms with Crippen LogP contribution in [-0.4, -0.2) is 62.0 Å². The maximum absolute atomic E-state index is 12.9. The summed E-state index contributed by atoms with van der Waals surface area (Å²) >= 11 is 0. The van der Waals surface area contributed by atoms with E-state index < -0.39 is 0 Å². The number of fused-ring (bicyclic) bond motifs is 1. The Balaban J connectivity index is 1.95. The maximum atomic E-state index is 12.9. The second-order valence-corrected chi connectivity index (χ2v) is 8.80. The Hall–Kier alpha value is -0.610. The molecule has 0 aromatic carbocycles. The fourth-order valence-electron chi connectivity index (χ4n) is 4.20. The second-order valence-electron chi connectivity index (χ2n) is 8.80. The highest BCUT2D eigenvalue weighted by Gasteiger charge is 2.41. The van der Waals surface area contributed by atoms with Crippen molar-refractivity contribution in [2.24, 2.45) is 17.3 Å². The average molecular weight is 309 g/mol. The maximum Gasteiger partial charge on any atom is 0.239 e. The first-order chi connectivity index (χ1) is 10.2. The normalized spacial score (nSPS) is 30.5. The summed E-state index contributed by atoms with van der Waals surface area (Å²) in [6.07, 6.45) is 4.72. The van der Waals surface area contributed by atoms with Crippen molar-refractivity contribution in [3.8, 4) is 0 Å². The molecule has 0 aromatic heterocycles. The van der Waals surface area contributed by atoms with Crippen LogP contribution in [-0.2, 0) is 4.79 Å². The Morgan fingerprint density at radius 1 is 1.23 bits per heavy atom. The Labute approximate surface area is 136 Å². The molecule has 4 nitrogen and oxygen atoms in total. The lowest BCUT2D eigenvalue weighted by Gasteiger charge is -2.34. The summed E-state index contributed by atoms with van der Waals surface area (Å²) in [7, 11) is 6.28. The number of nitrogens with one attached hydrogen (secondary N) is 1. The molecule has 0 aromatic rings. The quantitative estimate of drug-likeness (QED) is 0.865. The summed E-state index contributed by atoms with van der Waals surface area (Å²) in [6.45, 7) is 8.56. The van der Waals surface area contributed by atoms with Crippen LogP contribution in [0.25, 0.3) is 0 Å². The van der Waals surface area contributed by atoms with Gasteiger partial charge in [-0.05, 0) is 64.1 Å².